The van der Waals surface area contributed by atoms with Gasteiger partial charge in [0.1, 0.15) is 12.7 Å². The molecule has 2 atom stereocenters. The third kappa shape index (κ3) is 13.8. The van der Waals surface area contributed by atoms with Crippen LogP contribution >= 0.6 is 0 Å². The third-order valence-electron chi connectivity index (χ3n) is 3.98. The van der Waals surface area contributed by atoms with Gasteiger partial charge < -0.3 is 14.6 Å². The summed E-state index contributed by atoms with van der Waals surface area (Å²) in [5.41, 5.74) is 0. The summed E-state index contributed by atoms with van der Waals surface area (Å²) in [6.45, 7) is 6.37. The predicted molar refractivity (Wildman–Crippen MR) is 103 cm³/mol. The molecule has 0 amide bonds. The summed E-state index contributed by atoms with van der Waals surface area (Å²) in [5.74, 6) is -0.704. The van der Waals surface area contributed by atoms with Crippen molar-refractivity contribution in [2.24, 2.45) is 0 Å². The lowest BCUT2D eigenvalue weighted by Gasteiger charge is -2.24. The maximum atomic E-state index is 12.2. The summed E-state index contributed by atoms with van der Waals surface area (Å²) in [4.78, 5) is 24.7. The highest BCUT2D eigenvalue weighted by molar-refractivity contribution is 5.71. The minimum atomic E-state index is -0.685. The average molecular weight is 372 g/mol. The van der Waals surface area contributed by atoms with Gasteiger partial charge in [-0.25, -0.2) is 0 Å². The largest absolute Gasteiger partial charge is 0.465 e. The summed E-state index contributed by atoms with van der Waals surface area (Å²) in [6, 6.07) is 0. The highest BCUT2D eigenvalue weighted by atomic mass is 16.6. The number of hydrogen-bond donors (Lipinski definition) is 1. The monoisotopic (exact) mass is 371 g/mol. The molecule has 26 heavy (non-hydrogen) atoms. The standard InChI is InChI=1S/C20H37NO5/c1-5-7-9-11-12-18(23)19(13-10-8-6-2)26-20(24)16-21(4)14-15-25-17(3)22/h9,11,18-19,23H,5-8,10,12-16H2,1-4H3/b11-9-. The summed E-state index contributed by atoms with van der Waals surface area (Å²) in [6.07, 6.45) is 9.11. The number of rotatable bonds is 15. The van der Waals surface area contributed by atoms with E-state index in [-0.39, 0.29) is 25.1 Å². The number of allylic oxidation sites excluding steroid dienone is 1. The Morgan fingerprint density at radius 1 is 1.15 bits per heavy atom. The van der Waals surface area contributed by atoms with E-state index in [0.717, 1.165) is 32.1 Å². The van der Waals surface area contributed by atoms with Crippen molar-refractivity contribution < 1.29 is 24.2 Å². The molecule has 0 aliphatic heterocycles. The molecule has 6 heteroatoms. The van der Waals surface area contributed by atoms with Gasteiger partial charge in [0, 0.05) is 13.5 Å². The molecule has 0 aromatic heterocycles. The molecule has 6 nitrogen and oxygen atoms in total. The normalized spacial score (nSPS) is 13.8. The first-order chi connectivity index (χ1) is 12.4. The van der Waals surface area contributed by atoms with Gasteiger partial charge in [-0.05, 0) is 32.7 Å². The predicted octanol–water partition coefficient (Wildman–Crippen LogP) is 3.08. The number of carbonyl (C=O) groups is 2. The fourth-order valence-electron chi connectivity index (χ4n) is 2.45. The van der Waals surface area contributed by atoms with Crippen LogP contribution in [0.15, 0.2) is 12.2 Å². The number of likely N-dealkylation sites (N-methyl/N-ethyl adjacent to an activating group) is 1. The number of nitrogens with zero attached hydrogens (tertiary/aromatic N) is 1. The lowest BCUT2D eigenvalue weighted by Crippen LogP contribution is -2.36. The van der Waals surface area contributed by atoms with Crippen LogP contribution in [0.25, 0.3) is 0 Å². The van der Waals surface area contributed by atoms with Crippen molar-refractivity contribution in [3.05, 3.63) is 12.2 Å². The molecule has 0 aliphatic carbocycles. The minimum absolute atomic E-state index is 0.101. The molecule has 0 spiro atoms. The molecule has 152 valence electrons. The van der Waals surface area contributed by atoms with Crippen LogP contribution in [0.3, 0.4) is 0 Å². The number of aliphatic hydroxyl groups excluding tert-OH is 1. The van der Waals surface area contributed by atoms with Crippen LogP contribution in [0.2, 0.25) is 0 Å². The van der Waals surface area contributed by atoms with E-state index in [4.69, 9.17) is 9.47 Å². The van der Waals surface area contributed by atoms with Gasteiger partial charge in [-0.15, -0.1) is 0 Å². The van der Waals surface area contributed by atoms with Crippen molar-refractivity contribution in [3.63, 3.8) is 0 Å². The van der Waals surface area contributed by atoms with E-state index in [0.29, 0.717) is 19.4 Å². The zero-order valence-corrected chi connectivity index (χ0v) is 16.9. The number of aliphatic hydroxyl groups is 1. The van der Waals surface area contributed by atoms with Gasteiger partial charge in [0.25, 0.3) is 0 Å². The topological polar surface area (TPSA) is 76.1 Å². The Bertz CT molecular complexity index is 411. The third-order valence-corrected chi connectivity index (χ3v) is 3.98. The first-order valence-corrected chi connectivity index (χ1v) is 9.75. The van der Waals surface area contributed by atoms with E-state index >= 15 is 0 Å². The van der Waals surface area contributed by atoms with Crippen molar-refractivity contribution >= 4 is 11.9 Å². The van der Waals surface area contributed by atoms with E-state index < -0.39 is 12.2 Å². The smallest absolute Gasteiger partial charge is 0.320 e. The zero-order valence-electron chi connectivity index (χ0n) is 16.9. The first kappa shape index (κ1) is 24.6. The van der Waals surface area contributed by atoms with E-state index in [1.54, 1.807) is 11.9 Å². The Hall–Kier alpha value is -1.40. The van der Waals surface area contributed by atoms with Gasteiger partial charge in [0.15, 0.2) is 0 Å². The quantitative estimate of drug-likeness (QED) is 0.271. The van der Waals surface area contributed by atoms with E-state index in [1.807, 2.05) is 6.08 Å². The zero-order chi connectivity index (χ0) is 19.8. The van der Waals surface area contributed by atoms with Crippen LogP contribution in [-0.4, -0.2) is 60.9 Å². The van der Waals surface area contributed by atoms with Gasteiger partial charge in [0.05, 0.1) is 12.6 Å². The molecule has 0 radical (unpaired) electrons. The Kier molecular flexibility index (Phi) is 15.0. The molecule has 0 aliphatic rings. The minimum Gasteiger partial charge on any atom is -0.465 e. The SMILES string of the molecule is CCC/C=C\CC(O)C(CCCCC)OC(=O)CN(C)CCOC(C)=O. The number of ether oxygens (including phenoxy) is 2. The molecule has 0 saturated carbocycles. The van der Waals surface area contributed by atoms with E-state index in [9.17, 15) is 14.7 Å². The molecule has 2 unspecified atom stereocenters. The summed E-state index contributed by atoms with van der Waals surface area (Å²) < 4.78 is 10.4. The van der Waals surface area contributed by atoms with Crippen LogP contribution in [0.5, 0.6) is 0 Å². The second-order valence-corrected chi connectivity index (χ2v) is 6.67. The van der Waals surface area contributed by atoms with Gasteiger partial charge in [-0.2, -0.15) is 0 Å². The van der Waals surface area contributed by atoms with E-state index in [2.05, 4.69) is 19.9 Å². The Morgan fingerprint density at radius 3 is 2.50 bits per heavy atom. The van der Waals surface area contributed by atoms with Crippen LogP contribution in [0.1, 0.15) is 65.7 Å². The molecule has 0 rings (SSSR count). The maximum absolute atomic E-state index is 12.2. The fourth-order valence-corrected chi connectivity index (χ4v) is 2.45. The number of carbonyl (C=O) groups excluding carboxylic acids is 2. The highest BCUT2D eigenvalue weighted by Gasteiger charge is 2.22. The highest BCUT2D eigenvalue weighted by Crippen LogP contribution is 2.14. The van der Waals surface area contributed by atoms with Crippen molar-refractivity contribution in [2.45, 2.75) is 77.9 Å². The molecule has 1 N–H and O–H groups in total. The lowest BCUT2D eigenvalue weighted by molar-refractivity contribution is -0.156. The fraction of sp³-hybridized carbons (Fsp3) is 0.800. The molecule has 0 saturated heterocycles. The molecule has 0 aromatic carbocycles. The molecule has 0 aromatic rings. The average Bonchev–Trinajstić information content (AvgIpc) is 2.57. The summed E-state index contributed by atoms with van der Waals surface area (Å²) in [5, 5.41) is 10.4. The van der Waals surface area contributed by atoms with Gasteiger partial charge in [0.2, 0.25) is 0 Å². The molecule has 0 fully saturated rings. The Morgan fingerprint density at radius 2 is 1.88 bits per heavy atom. The van der Waals surface area contributed by atoms with Crippen molar-refractivity contribution in [1.82, 2.24) is 4.90 Å². The van der Waals surface area contributed by atoms with Crippen LogP contribution in [0, 0.1) is 0 Å². The van der Waals surface area contributed by atoms with Gasteiger partial charge >= 0.3 is 11.9 Å². The Labute approximate surface area is 158 Å². The van der Waals surface area contributed by atoms with Gasteiger partial charge in [-0.1, -0.05) is 45.3 Å². The van der Waals surface area contributed by atoms with Gasteiger partial charge in [-0.3, -0.25) is 14.5 Å². The summed E-state index contributed by atoms with van der Waals surface area (Å²) in [7, 11) is 1.76. The molecular weight excluding hydrogens is 334 g/mol. The lowest BCUT2D eigenvalue weighted by atomic mass is 10.0. The number of esters is 2. The van der Waals surface area contributed by atoms with Crippen LogP contribution < -0.4 is 0 Å². The van der Waals surface area contributed by atoms with Crippen LogP contribution in [0.4, 0.5) is 0 Å². The van der Waals surface area contributed by atoms with Crippen LogP contribution in [-0.2, 0) is 19.1 Å². The van der Waals surface area contributed by atoms with Crippen molar-refractivity contribution in [1.29, 1.82) is 0 Å². The summed E-state index contributed by atoms with van der Waals surface area (Å²) >= 11 is 0. The first-order valence-electron chi connectivity index (χ1n) is 9.75. The molecule has 0 heterocycles. The molecule has 0 bridgehead atoms. The molecular formula is C20H37NO5. The second-order valence-electron chi connectivity index (χ2n) is 6.67. The van der Waals surface area contributed by atoms with Crippen molar-refractivity contribution in [3.8, 4) is 0 Å². The maximum Gasteiger partial charge on any atom is 0.320 e. The second kappa shape index (κ2) is 15.8. The van der Waals surface area contributed by atoms with Crippen molar-refractivity contribution in [2.75, 3.05) is 26.7 Å². The number of hydrogen-bond acceptors (Lipinski definition) is 6. The number of unbranched alkanes of at least 4 members (excludes halogenated alkanes) is 3. The Balaban J connectivity index is 4.43. The van der Waals surface area contributed by atoms with E-state index in [1.165, 1.54) is 6.92 Å².